The zero-order valence-electron chi connectivity index (χ0n) is 16.3. The first-order chi connectivity index (χ1) is 13.5. The summed E-state index contributed by atoms with van der Waals surface area (Å²) in [6.45, 7) is 3.57. The lowest BCUT2D eigenvalue weighted by atomic mass is 10.1. The molecule has 0 radical (unpaired) electrons. The molecule has 0 N–H and O–H groups in total. The first kappa shape index (κ1) is 19.6. The first-order valence-electron chi connectivity index (χ1n) is 9.36. The molecule has 1 aliphatic rings. The molecule has 1 aliphatic heterocycles. The largest absolute Gasteiger partial charge is 0.340 e. The highest BCUT2D eigenvalue weighted by Gasteiger charge is 2.34. The van der Waals surface area contributed by atoms with Gasteiger partial charge in [-0.15, -0.1) is 0 Å². The summed E-state index contributed by atoms with van der Waals surface area (Å²) < 4.78 is 0. The molecule has 0 atom stereocenters. The maximum absolute atomic E-state index is 12.5. The second-order valence-electron chi connectivity index (χ2n) is 7.12. The Labute approximate surface area is 165 Å². The Hall–Kier alpha value is -3.15. The zero-order chi connectivity index (χ0) is 20.1. The highest BCUT2D eigenvalue weighted by atomic mass is 16.2. The molecule has 6 nitrogen and oxygen atoms in total. The highest BCUT2D eigenvalue weighted by molar-refractivity contribution is 6.35. The van der Waals surface area contributed by atoms with Crippen LogP contribution in [0.2, 0.25) is 0 Å². The fourth-order valence-electron chi connectivity index (χ4n) is 3.24. The summed E-state index contributed by atoms with van der Waals surface area (Å²) in [5.41, 5.74) is 3.13. The van der Waals surface area contributed by atoms with Crippen molar-refractivity contribution in [2.75, 3.05) is 26.7 Å². The van der Waals surface area contributed by atoms with Crippen LogP contribution < -0.4 is 0 Å². The SMILES string of the molecule is Cc1ccccc1CN1CCN(CC(=O)N(C)Cc2ccccc2)C(=O)C1=O. The van der Waals surface area contributed by atoms with Crippen molar-refractivity contribution in [2.45, 2.75) is 20.0 Å². The van der Waals surface area contributed by atoms with E-state index in [1.807, 2.05) is 61.5 Å². The smallest absolute Gasteiger partial charge is 0.312 e. The van der Waals surface area contributed by atoms with Crippen LogP contribution in [0.1, 0.15) is 16.7 Å². The Morgan fingerprint density at radius 3 is 2.25 bits per heavy atom. The number of carbonyl (C=O) groups is 3. The molecule has 3 amide bonds. The number of piperazine rings is 1. The van der Waals surface area contributed by atoms with Crippen LogP contribution in [0.25, 0.3) is 0 Å². The van der Waals surface area contributed by atoms with Crippen LogP contribution in [0.4, 0.5) is 0 Å². The third kappa shape index (κ3) is 4.57. The summed E-state index contributed by atoms with van der Waals surface area (Å²) in [5, 5.41) is 0. The molecule has 0 spiro atoms. The van der Waals surface area contributed by atoms with E-state index >= 15 is 0 Å². The quantitative estimate of drug-likeness (QED) is 0.720. The molecule has 0 aliphatic carbocycles. The predicted molar refractivity (Wildman–Crippen MR) is 106 cm³/mol. The minimum Gasteiger partial charge on any atom is -0.340 e. The van der Waals surface area contributed by atoms with Crippen LogP contribution in [0.15, 0.2) is 54.6 Å². The van der Waals surface area contributed by atoms with E-state index in [2.05, 4.69) is 0 Å². The van der Waals surface area contributed by atoms with E-state index in [0.717, 1.165) is 16.7 Å². The Morgan fingerprint density at radius 2 is 1.54 bits per heavy atom. The second kappa shape index (κ2) is 8.69. The molecular weight excluding hydrogens is 354 g/mol. The van der Waals surface area contributed by atoms with Gasteiger partial charge in [0.05, 0.1) is 0 Å². The number of aryl methyl sites for hydroxylation is 1. The van der Waals surface area contributed by atoms with Crippen LogP contribution in [0.3, 0.4) is 0 Å². The number of carbonyl (C=O) groups excluding carboxylic acids is 3. The van der Waals surface area contributed by atoms with Crippen molar-refractivity contribution in [1.82, 2.24) is 14.7 Å². The maximum Gasteiger partial charge on any atom is 0.312 e. The molecular formula is C22H25N3O3. The average molecular weight is 379 g/mol. The Balaban J connectivity index is 1.57. The lowest BCUT2D eigenvalue weighted by Crippen LogP contribution is -2.56. The van der Waals surface area contributed by atoms with E-state index in [9.17, 15) is 14.4 Å². The molecule has 2 aromatic rings. The predicted octanol–water partition coefficient (Wildman–Crippen LogP) is 1.82. The molecule has 1 fully saturated rings. The number of rotatable bonds is 6. The minimum atomic E-state index is -0.610. The van der Waals surface area contributed by atoms with Crippen molar-refractivity contribution in [3.8, 4) is 0 Å². The van der Waals surface area contributed by atoms with Gasteiger partial charge in [-0.3, -0.25) is 14.4 Å². The lowest BCUT2D eigenvalue weighted by Gasteiger charge is -2.34. The zero-order valence-corrected chi connectivity index (χ0v) is 16.3. The summed E-state index contributed by atoms with van der Waals surface area (Å²) in [6.07, 6.45) is 0. The van der Waals surface area contributed by atoms with Gasteiger partial charge in [0.15, 0.2) is 0 Å². The third-order valence-electron chi connectivity index (χ3n) is 5.03. The van der Waals surface area contributed by atoms with Crippen molar-refractivity contribution >= 4 is 17.7 Å². The summed E-state index contributed by atoms with van der Waals surface area (Å²) >= 11 is 0. The molecule has 1 saturated heterocycles. The molecule has 1 heterocycles. The third-order valence-corrected chi connectivity index (χ3v) is 5.03. The van der Waals surface area contributed by atoms with Crippen molar-refractivity contribution in [2.24, 2.45) is 0 Å². The number of amides is 3. The molecule has 0 saturated carbocycles. The van der Waals surface area contributed by atoms with Gasteiger partial charge < -0.3 is 14.7 Å². The molecule has 0 bridgehead atoms. The number of hydrogen-bond donors (Lipinski definition) is 0. The second-order valence-corrected chi connectivity index (χ2v) is 7.12. The van der Waals surface area contributed by atoms with E-state index < -0.39 is 11.8 Å². The van der Waals surface area contributed by atoms with Crippen LogP contribution in [0, 0.1) is 6.92 Å². The standard InChI is InChI=1S/C22H25N3O3/c1-17-8-6-7-11-19(17)15-24-12-13-25(22(28)21(24)27)16-20(26)23(2)14-18-9-4-3-5-10-18/h3-11H,12-16H2,1-2H3. The molecule has 6 heteroatoms. The maximum atomic E-state index is 12.5. The minimum absolute atomic E-state index is 0.0773. The van der Waals surface area contributed by atoms with Crippen LogP contribution in [-0.4, -0.2) is 59.1 Å². The van der Waals surface area contributed by atoms with E-state index in [1.165, 1.54) is 4.90 Å². The monoisotopic (exact) mass is 379 g/mol. The fourth-order valence-corrected chi connectivity index (χ4v) is 3.24. The van der Waals surface area contributed by atoms with E-state index in [-0.39, 0.29) is 12.5 Å². The summed E-state index contributed by atoms with van der Waals surface area (Å²) in [5.74, 6) is -1.34. The molecule has 0 unspecified atom stereocenters. The molecule has 28 heavy (non-hydrogen) atoms. The number of hydrogen-bond acceptors (Lipinski definition) is 3. The van der Waals surface area contributed by atoms with Gasteiger partial charge in [-0.1, -0.05) is 54.6 Å². The molecule has 2 aromatic carbocycles. The van der Waals surface area contributed by atoms with E-state index in [1.54, 1.807) is 16.8 Å². The van der Waals surface area contributed by atoms with Crippen molar-refractivity contribution in [3.63, 3.8) is 0 Å². The number of likely N-dealkylation sites (N-methyl/N-ethyl adjacent to an activating group) is 1. The van der Waals surface area contributed by atoms with Gasteiger partial charge in [0.1, 0.15) is 6.54 Å². The van der Waals surface area contributed by atoms with Crippen LogP contribution >= 0.6 is 0 Å². The Morgan fingerprint density at radius 1 is 0.929 bits per heavy atom. The average Bonchev–Trinajstić information content (AvgIpc) is 2.70. The first-order valence-corrected chi connectivity index (χ1v) is 9.36. The van der Waals surface area contributed by atoms with Gasteiger partial charge in [0, 0.05) is 33.2 Å². The molecule has 0 aromatic heterocycles. The van der Waals surface area contributed by atoms with Crippen molar-refractivity contribution in [1.29, 1.82) is 0 Å². The van der Waals surface area contributed by atoms with E-state index in [0.29, 0.717) is 26.2 Å². The Kier molecular flexibility index (Phi) is 6.09. The van der Waals surface area contributed by atoms with E-state index in [4.69, 9.17) is 0 Å². The lowest BCUT2D eigenvalue weighted by molar-refractivity contribution is -0.158. The van der Waals surface area contributed by atoms with Crippen molar-refractivity contribution in [3.05, 3.63) is 71.3 Å². The summed E-state index contributed by atoms with van der Waals surface area (Å²) in [4.78, 5) is 42.0. The molecule has 3 rings (SSSR count). The topological polar surface area (TPSA) is 60.9 Å². The van der Waals surface area contributed by atoms with Gasteiger partial charge in [-0.05, 0) is 23.6 Å². The number of benzene rings is 2. The number of nitrogens with zero attached hydrogens (tertiary/aromatic N) is 3. The molecule has 146 valence electrons. The van der Waals surface area contributed by atoms with Crippen LogP contribution in [-0.2, 0) is 27.5 Å². The van der Waals surface area contributed by atoms with Gasteiger partial charge in [0.25, 0.3) is 0 Å². The summed E-state index contributed by atoms with van der Waals surface area (Å²) in [7, 11) is 1.70. The van der Waals surface area contributed by atoms with Gasteiger partial charge >= 0.3 is 11.8 Å². The highest BCUT2D eigenvalue weighted by Crippen LogP contribution is 2.14. The normalized spacial score (nSPS) is 14.4. The van der Waals surface area contributed by atoms with Gasteiger partial charge in [-0.2, -0.15) is 0 Å². The van der Waals surface area contributed by atoms with Gasteiger partial charge in [-0.25, -0.2) is 0 Å². The Bertz CT molecular complexity index is 866. The summed E-state index contributed by atoms with van der Waals surface area (Å²) in [6, 6.07) is 17.5. The fraction of sp³-hybridized carbons (Fsp3) is 0.318. The van der Waals surface area contributed by atoms with Gasteiger partial charge in [0.2, 0.25) is 5.91 Å². The van der Waals surface area contributed by atoms with Crippen molar-refractivity contribution < 1.29 is 14.4 Å². The van der Waals surface area contributed by atoms with Crippen LogP contribution in [0.5, 0.6) is 0 Å².